The standard InChI is InChI=1S/C21H34N4O3.2ClH/c1-4-25(5-2)15-14-23-19(26)17-6-8-18(9-7-17)24-20(27)21(16-28-3)10-12-22-13-11-21;;/h6-9,22H,4-5,10-16H2,1-3H3,(H,23,26)(H,24,27);2*1H. The summed E-state index contributed by atoms with van der Waals surface area (Å²) in [4.78, 5) is 27.4. The number of halogens is 2. The number of anilines is 1. The third-order valence-corrected chi connectivity index (χ3v) is 5.48. The van der Waals surface area contributed by atoms with E-state index in [1.807, 2.05) is 0 Å². The van der Waals surface area contributed by atoms with E-state index in [0.29, 0.717) is 24.4 Å². The Hall–Kier alpha value is -1.38. The molecule has 1 heterocycles. The van der Waals surface area contributed by atoms with Gasteiger partial charge in [-0.1, -0.05) is 13.8 Å². The second kappa shape index (κ2) is 14.6. The number of amides is 2. The van der Waals surface area contributed by atoms with Crippen molar-refractivity contribution in [1.29, 1.82) is 0 Å². The molecule has 0 radical (unpaired) electrons. The lowest BCUT2D eigenvalue weighted by atomic mass is 9.78. The zero-order chi connectivity index (χ0) is 20.4. The molecule has 2 rings (SSSR count). The number of methoxy groups -OCH3 is 1. The number of nitrogens with zero attached hydrogens (tertiary/aromatic N) is 1. The lowest BCUT2D eigenvalue weighted by Crippen LogP contribution is -2.47. The van der Waals surface area contributed by atoms with Crippen LogP contribution in [0.4, 0.5) is 5.69 Å². The highest BCUT2D eigenvalue weighted by atomic mass is 35.5. The molecule has 0 bridgehead atoms. The molecule has 1 aromatic carbocycles. The number of carbonyl (C=O) groups is 2. The molecule has 172 valence electrons. The first kappa shape index (κ1) is 28.6. The van der Waals surface area contributed by atoms with Gasteiger partial charge in [0.25, 0.3) is 5.91 Å². The van der Waals surface area contributed by atoms with Gasteiger partial charge in [0.2, 0.25) is 5.91 Å². The molecule has 1 aliphatic rings. The first-order valence-electron chi connectivity index (χ1n) is 10.2. The molecule has 0 aromatic heterocycles. The molecule has 2 amide bonds. The van der Waals surface area contributed by atoms with Crippen LogP contribution in [0.25, 0.3) is 0 Å². The van der Waals surface area contributed by atoms with Crippen molar-refractivity contribution in [2.45, 2.75) is 26.7 Å². The minimum Gasteiger partial charge on any atom is -0.384 e. The lowest BCUT2D eigenvalue weighted by molar-refractivity contribution is -0.130. The predicted molar refractivity (Wildman–Crippen MR) is 126 cm³/mol. The van der Waals surface area contributed by atoms with Crippen LogP contribution in [0.5, 0.6) is 0 Å². The van der Waals surface area contributed by atoms with Crippen LogP contribution < -0.4 is 16.0 Å². The van der Waals surface area contributed by atoms with Crippen molar-refractivity contribution in [3.63, 3.8) is 0 Å². The van der Waals surface area contributed by atoms with Gasteiger partial charge in [-0.25, -0.2) is 0 Å². The molecule has 3 N–H and O–H groups in total. The fourth-order valence-corrected chi connectivity index (χ4v) is 3.56. The molecule has 1 saturated heterocycles. The molecule has 30 heavy (non-hydrogen) atoms. The second-order valence-electron chi connectivity index (χ2n) is 7.28. The molecule has 0 aliphatic carbocycles. The van der Waals surface area contributed by atoms with Crippen molar-refractivity contribution in [1.82, 2.24) is 15.5 Å². The van der Waals surface area contributed by atoms with Gasteiger partial charge in [-0.2, -0.15) is 0 Å². The topological polar surface area (TPSA) is 82.7 Å². The third kappa shape index (κ3) is 8.04. The molecule has 9 heteroatoms. The Morgan fingerprint density at radius 3 is 2.23 bits per heavy atom. The van der Waals surface area contributed by atoms with Crippen LogP contribution in [0.3, 0.4) is 0 Å². The average molecular weight is 463 g/mol. The van der Waals surface area contributed by atoms with Crippen LogP contribution in [-0.2, 0) is 9.53 Å². The Kier molecular flexibility index (Phi) is 13.9. The van der Waals surface area contributed by atoms with E-state index in [1.54, 1.807) is 31.4 Å². The fourth-order valence-electron chi connectivity index (χ4n) is 3.56. The van der Waals surface area contributed by atoms with E-state index in [4.69, 9.17) is 4.74 Å². The van der Waals surface area contributed by atoms with Crippen LogP contribution >= 0.6 is 24.8 Å². The van der Waals surface area contributed by atoms with Crippen molar-refractivity contribution in [2.24, 2.45) is 5.41 Å². The van der Waals surface area contributed by atoms with Crippen molar-refractivity contribution in [3.05, 3.63) is 29.8 Å². The maximum Gasteiger partial charge on any atom is 0.251 e. The van der Waals surface area contributed by atoms with Crippen LogP contribution in [0.1, 0.15) is 37.0 Å². The first-order valence-corrected chi connectivity index (χ1v) is 10.2. The molecule has 1 aromatic rings. The van der Waals surface area contributed by atoms with Gasteiger partial charge >= 0.3 is 0 Å². The van der Waals surface area contributed by atoms with E-state index in [9.17, 15) is 9.59 Å². The van der Waals surface area contributed by atoms with Gasteiger partial charge in [-0.3, -0.25) is 9.59 Å². The van der Waals surface area contributed by atoms with E-state index in [-0.39, 0.29) is 36.6 Å². The fraction of sp³-hybridized carbons (Fsp3) is 0.619. The molecule has 0 saturated carbocycles. The van der Waals surface area contributed by atoms with Crippen molar-refractivity contribution < 1.29 is 14.3 Å². The highest BCUT2D eigenvalue weighted by molar-refractivity contribution is 5.97. The number of rotatable bonds is 10. The highest BCUT2D eigenvalue weighted by Crippen LogP contribution is 2.30. The van der Waals surface area contributed by atoms with E-state index in [1.165, 1.54) is 0 Å². The summed E-state index contributed by atoms with van der Waals surface area (Å²) in [5.41, 5.74) is 0.783. The molecule has 7 nitrogen and oxygen atoms in total. The molecule has 1 aliphatic heterocycles. The van der Waals surface area contributed by atoms with Crippen LogP contribution in [0.15, 0.2) is 24.3 Å². The van der Waals surface area contributed by atoms with Gasteiger partial charge in [0.1, 0.15) is 0 Å². The Morgan fingerprint density at radius 1 is 1.10 bits per heavy atom. The number of hydrogen-bond donors (Lipinski definition) is 3. The summed E-state index contributed by atoms with van der Waals surface area (Å²) in [6, 6.07) is 7.04. The summed E-state index contributed by atoms with van der Waals surface area (Å²) in [5, 5.41) is 9.22. The molecular formula is C21H36Cl2N4O3. The van der Waals surface area contributed by atoms with E-state index < -0.39 is 5.41 Å². The molecule has 0 atom stereocenters. The van der Waals surface area contributed by atoms with Gasteiger partial charge in [0.05, 0.1) is 12.0 Å². The monoisotopic (exact) mass is 462 g/mol. The average Bonchev–Trinajstić information content (AvgIpc) is 2.72. The Labute approximate surface area is 192 Å². The van der Waals surface area contributed by atoms with E-state index in [0.717, 1.165) is 45.6 Å². The molecule has 0 unspecified atom stereocenters. The summed E-state index contributed by atoms with van der Waals surface area (Å²) in [6.07, 6.45) is 1.50. The zero-order valence-corrected chi connectivity index (χ0v) is 19.8. The van der Waals surface area contributed by atoms with Crippen molar-refractivity contribution >= 4 is 42.3 Å². The van der Waals surface area contributed by atoms with Crippen molar-refractivity contribution in [2.75, 3.05) is 58.3 Å². The third-order valence-electron chi connectivity index (χ3n) is 5.48. The van der Waals surface area contributed by atoms with Gasteiger partial charge in [-0.15, -0.1) is 24.8 Å². The summed E-state index contributed by atoms with van der Waals surface area (Å²) in [7, 11) is 1.63. The predicted octanol–water partition coefficient (Wildman–Crippen LogP) is 2.56. The number of likely N-dealkylation sites (N-methyl/N-ethyl adjacent to an activating group) is 1. The summed E-state index contributed by atoms with van der Waals surface area (Å²) < 4.78 is 5.32. The number of carbonyl (C=O) groups excluding carboxylic acids is 2. The summed E-state index contributed by atoms with van der Waals surface area (Å²) in [5.74, 6) is -0.119. The smallest absolute Gasteiger partial charge is 0.251 e. The number of hydrogen-bond acceptors (Lipinski definition) is 5. The minimum absolute atomic E-state index is 0. The SMILES string of the molecule is CCN(CC)CCNC(=O)c1ccc(NC(=O)C2(COC)CCNCC2)cc1.Cl.Cl. The van der Waals surface area contributed by atoms with Crippen LogP contribution in [-0.4, -0.2) is 69.7 Å². The van der Waals surface area contributed by atoms with Crippen LogP contribution in [0, 0.1) is 5.41 Å². The Balaban J connectivity index is 0.00000420. The minimum atomic E-state index is -0.500. The van der Waals surface area contributed by atoms with E-state index in [2.05, 4.69) is 34.7 Å². The largest absolute Gasteiger partial charge is 0.384 e. The van der Waals surface area contributed by atoms with Crippen LogP contribution in [0.2, 0.25) is 0 Å². The Morgan fingerprint density at radius 2 is 1.70 bits per heavy atom. The number of benzene rings is 1. The summed E-state index contributed by atoms with van der Waals surface area (Å²) in [6.45, 7) is 9.65. The van der Waals surface area contributed by atoms with Crippen molar-refractivity contribution in [3.8, 4) is 0 Å². The lowest BCUT2D eigenvalue weighted by Gasteiger charge is -2.35. The normalized spacial score (nSPS) is 14.9. The van der Waals surface area contributed by atoms with Gasteiger partial charge in [0.15, 0.2) is 0 Å². The Bertz CT molecular complexity index is 628. The van der Waals surface area contributed by atoms with E-state index >= 15 is 0 Å². The van der Waals surface area contributed by atoms with Gasteiger partial charge < -0.3 is 25.6 Å². The molecular weight excluding hydrogens is 427 g/mol. The number of piperidine rings is 1. The molecule has 1 fully saturated rings. The van der Waals surface area contributed by atoms with Gasteiger partial charge in [0, 0.05) is 31.5 Å². The first-order chi connectivity index (χ1) is 13.5. The second-order valence-corrected chi connectivity index (χ2v) is 7.28. The quantitative estimate of drug-likeness (QED) is 0.497. The highest BCUT2D eigenvalue weighted by Gasteiger charge is 2.39. The summed E-state index contributed by atoms with van der Waals surface area (Å²) >= 11 is 0. The number of ether oxygens (including phenoxy) is 1. The number of nitrogens with one attached hydrogen (secondary N) is 3. The van der Waals surface area contributed by atoms with Gasteiger partial charge in [-0.05, 0) is 63.3 Å². The molecule has 0 spiro atoms. The zero-order valence-electron chi connectivity index (χ0n) is 18.2. The maximum atomic E-state index is 12.9. The maximum absolute atomic E-state index is 12.9.